The Morgan fingerprint density at radius 1 is 1.56 bits per heavy atom. The van der Waals surface area contributed by atoms with Crippen molar-refractivity contribution in [1.82, 2.24) is 10.2 Å². The van der Waals surface area contributed by atoms with Gasteiger partial charge in [-0.05, 0) is 25.1 Å². The average Bonchev–Trinajstić information content (AvgIpc) is 2.35. The highest BCUT2D eigenvalue weighted by Gasteiger charge is 2.30. The Hall–Kier alpha value is -1.75. The van der Waals surface area contributed by atoms with Crippen molar-refractivity contribution in [3.05, 3.63) is 28.8 Å². The minimum atomic E-state index is -0.537. The van der Waals surface area contributed by atoms with E-state index >= 15 is 0 Å². The number of carbonyl (C=O) groups excluding carboxylic acids is 2. The molecule has 1 aromatic rings. The van der Waals surface area contributed by atoms with E-state index in [-0.39, 0.29) is 28.1 Å². The van der Waals surface area contributed by atoms with Crippen LogP contribution in [-0.4, -0.2) is 41.0 Å². The predicted octanol–water partition coefficient (Wildman–Crippen LogP) is 1.01. The van der Waals surface area contributed by atoms with Gasteiger partial charge in [0, 0.05) is 13.1 Å². The summed E-state index contributed by atoms with van der Waals surface area (Å²) >= 11 is 5.94. The van der Waals surface area contributed by atoms with Crippen LogP contribution >= 0.6 is 11.6 Å². The summed E-state index contributed by atoms with van der Waals surface area (Å²) < 4.78 is 0. The summed E-state index contributed by atoms with van der Waals surface area (Å²) in [6, 6.07) is 3.64. The zero-order chi connectivity index (χ0) is 13.3. The predicted molar refractivity (Wildman–Crippen MR) is 66.6 cm³/mol. The molecule has 1 atom stereocenters. The number of phenolic OH excluding ortho intramolecular Hbond substituents is 1. The second kappa shape index (κ2) is 4.86. The first kappa shape index (κ1) is 12.7. The maximum atomic E-state index is 12.3. The van der Waals surface area contributed by atoms with Gasteiger partial charge in [0.2, 0.25) is 5.91 Å². The number of rotatable bonds is 1. The van der Waals surface area contributed by atoms with Crippen LogP contribution in [0.4, 0.5) is 0 Å². The lowest BCUT2D eigenvalue weighted by Gasteiger charge is -2.33. The fraction of sp³-hybridized carbons (Fsp3) is 0.333. The van der Waals surface area contributed by atoms with E-state index in [1.165, 1.54) is 23.1 Å². The molecule has 1 aliphatic heterocycles. The Balaban J connectivity index is 2.30. The van der Waals surface area contributed by atoms with Crippen molar-refractivity contribution in [2.75, 3.05) is 13.1 Å². The zero-order valence-corrected chi connectivity index (χ0v) is 10.6. The molecule has 0 spiro atoms. The molecule has 2 rings (SSSR count). The van der Waals surface area contributed by atoms with Crippen LogP contribution in [0, 0.1) is 0 Å². The summed E-state index contributed by atoms with van der Waals surface area (Å²) in [7, 11) is 0. The molecule has 18 heavy (non-hydrogen) atoms. The molecule has 0 radical (unpaired) electrons. The summed E-state index contributed by atoms with van der Waals surface area (Å²) in [6.07, 6.45) is 0. The molecule has 2 N–H and O–H groups in total. The topological polar surface area (TPSA) is 69.6 Å². The third-order valence-corrected chi connectivity index (χ3v) is 3.27. The summed E-state index contributed by atoms with van der Waals surface area (Å²) in [5.41, 5.74) is 0.207. The lowest BCUT2D eigenvalue weighted by atomic mass is 10.1. The largest absolute Gasteiger partial charge is 0.508 e. The highest BCUT2D eigenvalue weighted by atomic mass is 35.5. The van der Waals surface area contributed by atoms with Crippen molar-refractivity contribution < 1.29 is 14.7 Å². The zero-order valence-electron chi connectivity index (χ0n) is 9.81. The second-order valence-electron chi connectivity index (χ2n) is 4.13. The van der Waals surface area contributed by atoms with Crippen molar-refractivity contribution in [2.24, 2.45) is 0 Å². The highest BCUT2D eigenvalue weighted by molar-refractivity contribution is 6.34. The summed E-state index contributed by atoms with van der Waals surface area (Å²) in [4.78, 5) is 25.2. The van der Waals surface area contributed by atoms with E-state index in [1.54, 1.807) is 6.92 Å². The first-order valence-electron chi connectivity index (χ1n) is 5.58. The molecule has 1 aromatic carbocycles. The molecule has 0 aliphatic carbocycles. The Bertz CT molecular complexity index is 504. The van der Waals surface area contributed by atoms with Crippen LogP contribution in [-0.2, 0) is 4.79 Å². The maximum absolute atomic E-state index is 12.3. The lowest BCUT2D eigenvalue weighted by Crippen LogP contribution is -2.55. The van der Waals surface area contributed by atoms with Gasteiger partial charge in [-0.1, -0.05) is 11.6 Å². The summed E-state index contributed by atoms with van der Waals surface area (Å²) in [5, 5.41) is 12.3. The van der Waals surface area contributed by atoms with E-state index in [0.717, 1.165) is 0 Å². The van der Waals surface area contributed by atoms with Gasteiger partial charge in [0.25, 0.3) is 5.91 Å². The molecule has 1 heterocycles. The third kappa shape index (κ3) is 2.26. The molecule has 1 unspecified atom stereocenters. The molecule has 96 valence electrons. The second-order valence-corrected chi connectivity index (χ2v) is 4.54. The van der Waals surface area contributed by atoms with Crippen molar-refractivity contribution in [3.63, 3.8) is 0 Å². The molecular formula is C12H13ClN2O3. The van der Waals surface area contributed by atoms with Gasteiger partial charge in [-0.2, -0.15) is 0 Å². The molecule has 6 heteroatoms. The van der Waals surface area contributed by atoms with Gasteiger partial charge in [-0.3, -0.25) is 9.59 Å². The molecule has 1 saturated heterocycles. The van der Waals surface area contributed by atoms with Crippen LogP contribution in [0.1, 0.15) is 17.3 Å². The molecule has 0 bridgehead atoms. The highest BCUT2D eigenvalue weighted by Crippen LogP contribution is 2.23. The lowest BCUT2D eigenvalue weighted by molar-refractivity contribution is -0.127. The van der Waals surface area contributed by atoms with Gasteiger partial charge < -0.3 is 15.3 Å². The Kier molecular flexibility index (Phi) is 3.43. The quantitative estimate of drug-likeness (QED) is 0.799. The van der Waals surface area contributed by atoms with E-state index in [1.807, 2.05) is 0 Å². The van der Waals surface area contributed by atoms with E-state index in [4.69, 9.17) is 11.6 Å². The minimum absolute atomic E-state index is 0.0307. The minimum Gasteiger partial charge on any atom is -0.508 e. The van der Waals surface area contributed by atoms with Crippen molar-refractivity contribution >= 4 is 23.4 Å². The van der Waals surface area contributed by atoms with E-state index in [2.05, 4.69) is 5.32 Å². The number of piperazine rings is 1. The first-order chi connectivity index (χ1) is 8.50. The molecule has 1 aliphatic rings. The smallest absolute Gasteiger partial charge is 0.256 e. The molecule has 0 aromatic heterocycles. The van der Waals surface area contributed by atoms with Crippen LogP contribution in [0.25, 0.3) is 0 Å². The number of carbonyl (C=O) groups is 2. The number of amides is 2. The number of halogens is 1. The molecule has 2 amide bonds. The third-order valence-electron chi connectivity index (χ3n) is 2.94. The van der Waals surface area contributed by atoms with E-state index in [9.17, 15) is 14.7 Å². The van der Waals surface area contributed by atoms with Gasteiger partial charge in [0.15, 0.2) is 0 Å². The van der Waals surface area contributed by atoms with Gasteiger partial charge in [-0.15, -0.1) is 0 Å². The van der Waals surface area contributed by atoms with Gasteiger partial charge in [-0.25, -0.2) is 0 Å². The Morgan fingerprint density at radius 3 is 3.00 bits per heavy atom. The number of hydrogen-bond donors (Lipinski definition) is 2. The van der Waals surface area contributed by atoms with E-state index in [0.29, 0.717) is 13.1 Å². The SMILES string of the molecule is CC1C(=O)NCCN1C(=O)c1cc(O)ccc1Cl. The van der Waals surface area contributed by atoms with Gasteiger partial charge in [0.1, 0.15) is 11.8 Å². The van der Waals surface area contributed by atoms with Crippen molar-refractivity contribution in [3.8, 4) is 5.75 Å². The Morgan fingerprint density at radius 2 is 2.28 bits per heavy atom. The number of nitrogens with one attached hydrogen (secondary N) is 1. The molecular weight excluding hydrogens is 256 g/mol. The monoisotopic (exact) mass is 268 g/mol. The normalized spacial score (nSPS) is 19.6. The van der Waals surface area contributed by atoms with Crippen LogP contribution in [0.2, 0.25) is 5.02 Å². The van der Waals surface area contributed by atoms with Gasteiger partial charge >= 0.3 is 0 Å². The number of hydrogen-bond acceptors (Lipinski definition) is 3. The summed E-state index contributed by atoms with van der Waals surface area (Å²) in [5.74, 6) is -0.569. The number of nitrogens with zero attached hydrogens (tertiary/aromatic N) is 1. The number of aromatic hydroxyl groups is 1. The van der Waals surface area contributed by atoms with Crippen LogP contribution in [0.3, 0.4) is 0 Å². The molecule has 0 saturated carbocycles. The fourth-order valence-corrected chi connectivity index (χ4v) is 2.09. The van der Waals surface area contributed by atoms with E-state index < -0.39 is 6.04 Å². The number of benzene rings is 1. The van der Waals surface area contributed by atoms with Crippen molar-refractivity contribution in [2.45, 2.75) is 13.0 Å². The van der Waals surface area contributed by atoms with Crippen LogP contribution < -0.4 is 5.32 Å². The van der Waals surface area contributed by atoms with Gasteiger partial charge in [0.05, 0.1) is 10.6 Å². The summed E-state index contributed by atoms with van der Waals surface area (Å²) in [6.45, 7) is 2.51. The standard InChI is InChI=1S/C12H13ClN2O3/c1-7-11(17)14-4-5-15(7)12(18)9-6-8(16)2-3-10(9)13/h2-3,6-7,16H,4-5H2,1H3,(H,14,17). The number of phenols is 1. The average molecular weight is 269 g/mol. The Labute approximate surface area is 109 Å². The van der Waals surface area contributed by atoms with Crippen LogP contribution in [0.5, 0.6) is 5.75 Å². The van der Waals surface area contributed by atoms with Crippen molar-refractivity contribution in [1.29, 1.82) is 0 Å². The fourth-order valence-electron chi connectivity index (χ4n) is 1.89. The van der Waals surface area contributed by atoms with Crippen LogP contribution in [0.15, 0.2) is 18.2 Å². The molecule has 5 nitrogen and oxygen atoms in total. The first-order valence-corrected chi connectivity index (χ1v) is 5.95. The molecule has 1 fully saturated rings. The maximum Gasteiger partial charge on any atom is 0.256 e.